The monoisotopic (exact) mass is 182 g/mol. The number of aromatic nitrogens is 2. The predicted molar refractivity (Wildman–Crippen MR) is 51.3 cm³/mol. The van der Waals surface area contributed by atoms with Gasteiger partial charge in [-0.05, 0) is 6.92 Å². The highest BCUT2D eigenvalue weighted by atomic mass is 16.1. The fourth-order valence-electron chi connectivity index (χ4n) is 1.04. The van der Waals surface area contributed by atoms with Crippen LogP contribution in [0.15, 0.2) is 0 Å². The predicted octanol–water partition coefficient (Wildman–Crippen LogP) is 0.659. The van der Waals surface area contributed by atoms with Crippen LogP contribution in [0, 0.1) is 6.92 Å². The molecular weight excluding hydrogens is 168 g/mol. The van der Waals surface area contributed by atoms with Gasteiger partial charge in [-0.25, -0.2) is 0 Å². The minimum Gasteiger partial charge on any atom is -0.394 e. The third kappa shape index (κ3) is 1.80. The second kappa shape index (κ2) is 3.47. The summed E-state index contributed by atoms with van der Waals surface area (Å²) >= 11 is 0. The number of anilines is 2. The van der Waals surface area contributed by atoms with Crippen LogP contribution in [0.25, 0.3) is 0 Å². The Bertz CT molecular complexity index is 329. The van der Waals surface area contributed by atoms with Crippen molar-refractivity contribution < 1.29 is 4.79 Å². The van der Waals surface area contributed by atoms with Gasteiger partial charge in [-0.1, -0.05) is 6.92 Å². The second-order valence-electron chi connectivity index (χ2n) is 2.87. The summed E-state index contributed by atoms with van der Waals surface area (Å²) in [6.07, 6.45) is 0.434. The smallest absolute Gasteiger partial charge is 0.225 e. The van der Waals surface area contributed by atoms with E-state index < -0.39 is 0 Å². The summed E-state index contributed by atoms with van der Waals surface area (Å²) in [5, 5.41) is 6.76. The van der Waals surface area contributed by atoms with Gasteiger partial charge in [0.2, 0.25) is 5.91 Å². The Labute approximate surface area is 76.9 Å². The van der Waals surface area contributed by atoms with Crippen LogP contribution in [0.2, 0.25) is 0 Å². The number of nitrogens with two attached hydrogens (primary N) is 1. The number of nitrogens with zero attached hydrogens (tertiary/aromatic N) is 2. The van der Waals surface area contributed by atoms with Gasteiger partial charge in [-0.2, -0.15) is 5.10 Å². The van der Waals surface area contributed by atoms with Gasteiger partial charge in [0, 0.05) is 13.5 Å². The molecule has 1 aromatic rings. The number of aryl methyl sites for hydroxylation is 2. The minimum absolute atomic E-state index is 0.0605. The van der Waals surface area contributed by atoms with Gasteiger partial charge in [0.1, 0.15) is 0 Å². The molecule has 1 rings (SSSR count). The van der Waals surface area contributed by atoms with Crippen molar-refractivity contribution in [1.29, 1.82) is 0 Å². The summed E-state index contributed by atoms with van der Waals surface area (Å²) in [6, 6.07) is 0. The molecule has 13 heavy (non-hydrogen) atoms. The van der Waals surface area contributed by atoms with Crippen LogP contribution in [0.1, 0.15) is 19.0 Å². The molecule has 1 heterocycles. The number of nitrogens with one attached hydrogen (secondary N) is 1. The van der Waals surface area contributed by atoms with Gasteiger partial charge < -0.3 is 11.1 Å². The largest absolute Gasteiger partial charge is 0.394 e. The van der Waals surface area contributed by atoms with Crippen LogP contribution in [-0.2, 0) is 11.8 Å². The molecule has 1 amide bonds. The van der Waals surface area contributed by atoms with Crippen molar-refractivity contribution in [2.75, 3.05) is 11.1 Å². The highest BCUT2D eigenvalue weighted by molar-refractivity contribution is 5.92. The minimum atomic E-state index is -0.0605. The van der Waals surface area contributed by atoms with Gasteiger partial charge >= 0.3 is 0 Å². The van der Waals surface area contributed by atoms with Crippen LogP contribution in [0.3, 0.4) is 0 Å². The first kappa shape index (κ1) is 9.57. The summed E-state index contributed by atoms with van der Waals surface area (Å²) < 4.78 is 1.57. The summed E-state index contributed by atoms with van der Waals surface area (Å²) in [7, 11) is 1.74. The van der Waals surface area contributed by atoms with Crippen molar-refractivity contribution in [2.24, 2.45) is 7.05 Å². The van der Waals surface area contributed by atoms with E-state index in [1.54, 1.807) is 25.6 Å². The lowest BCUT2D eigenvalue weighted by Gasteiger charge is -2.03. The molecule has 0 spiro atoms. The summed E-state index contributed by atoms with van der Waals surface area (Å²) in [6.45, 7) is 3.59. The Morgan fingerprint density at radius 1 is 1.69 bits per heavy atom. The zero-order valence-corrected chi connectivity index (χ0v) is 8.09. The molecule has 0 unspecified atom stereocenters. The quantitative estimate of drug-likeness (QED) is 0.705. The molecule has 0 aliphatic carbocycles. The molecule has 5 nitrogen and oxygen atoms in total. The van der Waals surface area contributed by atoms with Crippen molar-refractivity contribution in [3.05, 3.63) is 5.69 Å². The van der Waals surface area contributed by atoms with Crippen molar-refractivity contribution in [2.45, 2.75) is 20.3 Å². The van der Waals surface area contributed by atoms with E-state index in [-0.39, 0.29) is 5.91 Å². The first-order chi connectivity index (χ1) is 6.06. The average Bonchev–Trinajstić information content (AvgIpc) is 2.32. The lowest BCUT2D eigenvalue weighted by molar-refractivity contribution is -0.115. The number of carbonyl (C=O) groups excluding carboxylic acids is 1. The van der Waals surface area contributed by atoms with E-state index in [0.29, 0.717) is 17.9 Å². The van der Waals surface area contributed by atoms with Gasteiger partial charge in [-0.15, -0.1) is 0 Å². The first-order valence-corrected chi connectivity index (χ1v) is 4.15. The zero-order valence-electron chi connectivity index (χ0n) is 8.09. The maximum atomic E-state index is 11.1. The maximum Gasteiger partial charge on any atom is 0.225 e. The molecule has 72 valence electrons. The van der Waals surface area contributed by atoms with Crippen molar-refractivity contribution >= 4 is 17.4 Å². The van der Waals surface area contributed by atoms with E-state index in [4.69, 9.17) is 5.73 Å². The fraction of sp³-hybridized carbons (Fsp3) is 0.500. The van der Waals surface area contributed by atoms with Crippen LogP contribution < -0.4 is 11.1 Å². The van der Waals surface area contributed by atoms with Gasteiger partial charge in [-0.3, -0.25) is 9.48 Å². The van der Waals surface area contributed by atoms with Crippen molar-refractivity contribution in [3.63, 3.8) is 0 Å². The zero-order chi connectivity index (χ0) is 10.0. The van der Waals surface area contributed by atoms with Gasteiger partial charge in [0.15, 0.2) is 5.82 Å². The third-order valence-electron chi connectivity index (χ3n) is 1.85. The Kier molecular flexibility index (Phi) is 2.55. The molecular formula is C8H14N4O. The molecule has 5 heteroatoms. The molecule has 0 saturated carbocycles. The van der Waals surface area contributed by atoms with E-state index in [0.717, 1.165) is 5.69 Å². The number of rotatable bonds is 2. The molecule has 0 aliphatic heterocycles. The highest BCUT2D eigenvalue weighted by Gasteiger charge is 2.11. The molecule has 0 radical (unpaired) electrons. The topological polar surface area (TPSA) is 72.9 Å². The van der Waals surface area contributed by atoms with Crippen molar-refractivity contribution in [1.82, 2.24) is 9.78 Å². The van der Waals surface area contributed by atoms with Crippen LogP contribution in [0.4, 0.5) is 11.5 Å². The molecule has 3 N–H and O–H groups in total. The van der Waals surface area contributed by atoms with E-state index in [1.807, 2.05) is 0 Å². The normalized spacial score (nSPS) is 10.1. The first-order valence-electron chi connectivity index (χ1n) is 4.15. The Hall–Kier alpha value is -1.52. The Balaban J connectivity index is 2.94. The van der Waals surface area contributed by atoms with E-state index in [2.05, 4.69) is 10.4 Å². The van der Waals surface area contributed by atoms with E-state index in [9.17, 15) is 4.79 Å². The third-order valence-corrected chi connectivity index (χ3v) is 1.85. The molecule has 0 saturated heterocycles. The summed E-state index contributed by atoms with van der Waals surface area (Å²) in [5.74, 6) is 0.513. The molecule has 0 bridgehead atoms. The van der Waals surface area contributed by atoms with E-state index in [1.165, 1.54) is 0 Å². The number of carbonyl (C=O) groups is 1. The Morgan fingerprint density at radius 3 is 2.69 bits per heavy atom. The number of hydrogen-bond acceptors (Lipinski definition) is 3. The van der Waals surface area contributed by atoms with Gasteiger partial charge in [0.05, 0.1) is 11.4 Å². The lowest BCUT2D eigenvalue weighted by atomic mass is 10.3. The molecule has 0 aliphatic rings. The standard InChI is InChI=1S/C8H14N4O/c1-4-6(13)10-8-7(9)5(2)11-12(8)3/h4,9H2,1-3H3,(H,10,13). The molecule has 1 aromatic heterocycles. The number of hydrogen-bond donors (Lipinski definition) is 2. The fourth-order valence-corrected chi connectivity index (χ4v) is 1.04. The van der Waals surface area contributed by atoms with Crippen LogP contribution in [0.5, 0.6) is 0 Å². The maximum absolute atomic E-state index is 11.1. The van der Waals surface area contributed by atoms with E-state index >= 15 is 0 Å². The lowest BCUT2D eigenvalue weighted by Crippen LogP contribution is -2.13. The molecule has 0 aromatic carbocycles. The second-order valence-corrected chi connectivity index (χ2v) is 2.87. The molecule has 0 fully saturated rings. The Morgan fingerprint density at radius 2 is 2.31 bits per heavy atom. The summed E-state index contributed by atoms with van der Waals surface area (Å²) in [4.78, 5) is 11.1. The number of amides is 1. The van der Waals surface area contributed by atoms with Gasteiger partial charge in [0.25, 0.3) is 0 Å². The number of nitrogen functional groups attached to an aromatic ring is 1. The van der Waals surface area contributed by atoms with Crippen LogP contribution in [-0.4, -0.2) is 15.7 Å². The summed E-state index contributed by atoms with van der Waals surface area (Å²) in [5.41, 5.74) is 6.97. The SMILES string of the molecule is CCC(=O)Nc1c(N)c(C)nn1C. The van der Waals surface area contributed by atoms with Crippen molar-refractivity contribution in [3.8, 4) is 0 Å². The van der Waals surface area contributed by atoms with Crippen LogP contribution >= 0.6 is 0 Å². The molecule has 0 atom stereocenters. The average molecular weight is 182 g/mol. The highest BCUT2D eigenvalue weighted by Crippen LogP contribution is 2.20.